The number of guanidine groups is 1. The summed E-state index contributed by atoms with van der Waals surface area (Å²) in [5.41, 5.74) is 2.51. The van der Waals surface area contributed by atoms with E-state index in [0.717, 1.165) is 76.0 Å². The number of rotatable bonds is 14. The molecule has 0 atom stereocenters. The first-order valence-electron chi connectivity index (χ1n) is 11.1. The van der Waals surface area contributed by atoms with Gasteiger partial charge in [-0.3, -0.25) is 4.99 Å². The van der Waals surface area contributed by atoms with E-state index in [1.54, 1.807) is 14.2 Å². The van der Waals surface area contributed by atoms with E-state index < -0.39 is 0 Å². The summed E-state index contributed by atoms with van der Waals surface area (Å²) in [7, 11) is 3.30. The van der Waals surface area contributed by atoms with Crippen molar-refractivity contribution in [3.8, 4) is 11.5 Å². The van der Waals surface area contributed by atoms with Crippen LogP contribution in [-0.2, 0) is 17.6 Å². The number of unbranched alkanes of at least 4 members (excludes halogenated alkanes) is 1. The van der Waals surface area contributed by atoms with Crippen molar-refractivity contribution in [3.05, 3.63) is 59.7 Å². The Kier molecular flexibility index (Phi) is 12.0. The molecule has 0 heterocycles. The average Bonchev–Trinajstić information content (AvgIpc) is 2.81. The Bertz CT molecular complexity index is 766. The van der Waals surface area contributed by atoms with Gasteiger partial charge in [-0.1, -0.05) is 36.4 Å². The molecule has 0 aromatic heterocycles. The normalized spacial score (nSPS) is 11.3. The van der Waals surface area contributed by atoms with Crippen LogP contribution in [0.1, 0.15) is 30.9 Å². The Balaban J connectivity index is 1.62. The van der Waals surface area contributed by atoms with Gasteiger partial charge >= 0.3 is 0 Å². The zero-order valence-electron chi connectivity index (χ0n) is 19.2. The number of hydrogen-bond donors (Lipinski definition) is 2. The van der Waals surface area contributed by atoms with Crippen LogP contribution in [0, 0.1) is 0 Å². The molecule has 6 heteroatoms. The lowest BCUT2D eigenvalue weighted by Crippen LogP contribution is -2.38. The van der Waals surface area contributed by atoms with Crippen molar-refractivity contribution in [1.82, 2.24) is 10.6 Å². The first kappa shape index (κ1) is 24.5. The van der Waals surface area contributed by atoms with Crippen LogP contribution in [-0.4, -0.2) is 53.0 Å². The van der Waals surface area contributed by atoms with Crippen molar-refractivity contribution >= 4 is 5.96 Å². The summed E-state index contributed by atoms with van der Waals surface area (Å²) in [6, 6.07) is 16.5. The summed E-state index contributed by atoms with van der Waals surface area (Å²) < 4.78 is 16.4. The molecule has 31 heavy (non-hydrogen) atoms. The third-order valence-electron chi connectivity index (χ3n) is 4.84. The molecule has 0 bridgehead atoms. The Morgan fingerprint density at radius 1 is 0.839 bits per heavy atom. The summed E-state index contributed by atoms with van der Waals surface area (Å²) in [5.74, 6) is 2.36. The summed E-state index contributed by atoms with van der Waals surface area (Å²) in [6.45, 7) is 6.05. The molecule has 0 amide bonds. The number of nitrogens with zero attached hydrogens (tertiary/aromatic N) is 1. The van der Waals surface area contributed by atoms with E-state index in [2.05, 4.69) is 52.9 Å². The molecule has 0 aliphatic carbocycles. The van der Waals surface area contributed by atoms with E-state index in [1.165, 1.54) is 11.1 Å². The fraction of sp³-hybridized carbons (Fsp3) is 0.480. The predicted octanol–water partition coefficient (Wildman–Crippen LogP) is 3.84. The van der Waals surface area contributed by atoms with Crippen LogP contribution in [0.15, 0.2) is 53.5 Å². The first-order valence-corrected chi connectivity index (χ1v) is 11.1. The fourth-order valence-electron chi connectivity index (χ4n) is 3.15. The highest BCUT2D eigenvalue weighted by atomic mass is 16.5. The first-order chi connectivity index (χ1) is 15.3. The van der Waals surface area contributed by atoms with Crippen LogP contribution in [0.2, 0.25) is 0 Å². The minimum atomic E-state index is 0.748. The third kappa shape index (κ3) is 9.75. The second-order valence-corrected chi connectivity index (χ2v) is 7.18. The Morgan fingerprint density at radius 2 is 1.65 bits per heavy atom. The second-order valence-electron chi connectivity index (χ2n) is 7.18. The van der Waals surface area contributed by atoms with Gasteiger partial charge in [0.2, 0.25) is 0 Å². The molecule has 2 N–H and O–H groups in total. The van der Waals surface area contributed by atoms with Crippen molar-refractivity contribution in [1.29, 1.82) is 0 Å². The van der Waals surface area contributed by atoms with Gasteiger partial charge in [-0.2, -0.15) is 0 Å². The molecular weight excluding hydrogens is 390 g/mol. The van der Waals surface area contributed by atoms with Gasteiger partial charge in [0.15, 0.2) is 17.5 Å². The van der Waals surface area contributed by atoms with Gasteiger partial charge in [0.25, 0.3) is 0 Å². The van der Waals surface area contributed by atoms with Crippen LogP contribution in [0.5, 0.6) is 11.5 Å². The average molecular weight is 428 g/mol. The van der Waals surface area contributed by atoms with Crippen molar-refractivity contribution in [2.24, 2.45) is 4.99 Å². The fourth-order valence-corrected chi connectivity index (χ4v) is 3.15. The van der Waals surface area contributed by atoms with E-state index in [4.69, 9.17) is 14.2 Å². The lowest BCUT2D eigenvalue weighted by Gasteiger charge is -2.12. The summed E-state index contributed by atoms with van der Waals surface area (Å²) in [4.78, 5) is 4.67. The molecule has 2 aromatic rings. The summed E-state index contributed by atoms with van der Waals surface area (Å²) in [6.07, 6.45) is 3.87. The smallest absolute Gasteiger partial charge is 0.191 e. The molecule has 0 aliphatic rings. The Morgan fingerprint density at radius 3 is 2.39 bits per heavy atom. The molecule has 0 unspecified atom stereocenters. The molecule has 0 spiro atoms. The van der Waals surface area contributed by atoms with E-state index in [-0.39, 0.29) is 0 Å². The molecule has 0 saturated carbocycles. The van der Waals surface area contributed by atoms with Crippen LogP contribution in [0.4, 0.5) is 0 Å². The Hall–Kier alpha value is -2.73. The van der Waals surface area contributed by atoms with E-state index >= 15 is 0 Å². The van der Waals surface area contributed by atoms with Gasteiger partial charge < -0.3 is 24.8 Å². The van der Waals surface area contributed by atoms with Crippen LogP contribution in [0.25, 0.3) is 0 Å². The maximum Gasteiger partial charge on any atom is 0.191 e. The van der Waals surface area contributed by atoms with E-state index in [0.29, 0.717) is 0 Å². The van der Waals surface area contributed by atoms with Gasteiger partial charge in [0.1, 0.15) is 0 Å². The zero-order valence-corrected chi connectivity index (χ0v) is 19.2. The number of hydrogen-bond acceptors (Lipinski definition) is 4. The molecule has 0 saturated heterocycles. The van der Waals surface area contributed by atoms with Gasteiger partial charge in [0.05, 0.1) is 20.8 Å². The lowest BCUT2D eigenvalue weighted by molar-refractivity contribution is 0.134. The quantitative estimate of drug-likeness (QED) is 0.272. The van der Waals surface area contributed by atoms with Crippen LogP contribution < -0.4 is 20.1 Å². The minimum absolute atomic E-state index is 0.748. The lowest BCUT2D eigenvalue weighted by atomic mass is 10.1. The third-order valence-corrected chi connectivity index (χ3v) is 4.84. The van der Waals surface area contributed by atoms with Gasteiger partial charge in [-0.15, -0.1) is 0 Å². The summed E-state index contributed by atoms with van der Waals surface area (Å²) >= 11 is 0. The molecule has 6 nitrogen and oxygen atoms in total. The highest BCUT2D eigenvalue weighted by Crippen LogP contribution is 2.27. The van der Waals surface area contributed by atoms with Crippen molar-refractivity contribution in [2.75, 3.05) is 47.1 Å². The molecule has 2 aromatic carbocycles. The zero-order chi connectivity index (χ0) is 22.2. The summed E-state index contributed by atoms with van der Waals surface area (Å²) in [5, 5.41) is 6.70. The number of methoxy groups -OCH3 is 2. The number of benzene rings is 2. The van der Waals surface area contributed by atoms with Gasteiger partial charge in [0, 0.05) is 26.2 Å². The van der Waals surface area contributed by atoms with Crippen molar-refractivity contribution in [2.45, 2.75) is 32.6 Å². The van der Waals surface area contributed by atoms with Crippen LogP contribution >= 0.6 is 0 Å². The molecular formula is C25H37N3O3. The monoisotopic (exact) mass is 427 g/mol. The second kappa shape index (κ2) is 15.1. The molecule has 2 rings (SSSR count). The maximum atomic E-state index is 5.74. The number of ether oxygens (including phenoxy) is 3. The largest absolute Gasteiger partial charge is 0.493 e. The topological polar surface area (TPSA) is 64.1 Å². The number of nitrogens with one attached hydrogen (secondary N) is 2. The van der Waals surface area contributed by atoms with Gasteiger partial charge in [-0.25, -0.2) is 0 Å². The molecule has 0 aliphatic heterocycles. The predicted molar refractivity (Wildman–Crippen MR) is 127 cm³/mol. The van der Waals surface area contributed by atoms with Crippen LogP contribution in [0.3, 0.4) is 0 Å². The molecule has 0 radical (unpaired) electrons. The van der Waals surface area contributed by atoms with Crippen molar-refractivity contribution in [3.63, 3.8) is 0 Å². The number of aliphatic imine (C=N–C) groups is 1. The van der Waals surface area contributed by atoms with Gasteiger partial charge in [-0.05, 0) is 55.9 Å². The molecule has 0 fully saturated rings. The highest BCUT2D eigenvalue weighted by Gasteiger charge is 2.05. The molecule has 170 valence electrons. The maximum absolute atomic E-state index is 5.74. The Labute approximate surface area is 187 Å². The van der Waals surface area contributed by atoms with E-state index in [9.17, 15) is 0 Å². The van der Waals surface area contributed by atoms with Crippen molar-refractivity contribution < 1.29 is 14.2 Å². The van der Waals surface area contributed by atoms with E-state index in [1.807, 2.05) is 18.2 Å². The SMILES string of the molecule is CCNC(=NCCCCOCCc1ccccc1)NCCc1ccc(OC)c(OC)c1. The minimum Gasteiger partial charge on any atom is -0.493 e. The highest BCUT2D eigenvalue weighted by molar-refractivity contribution is 5.79. The standard InChI is InChI=1S/C25H37N3O3/c1-4-26-25(28-17-14-22-12-13-23(29-2)24(20-22)30-3)27-16-8-9-18-31-19-15-21-10-6-5-7-11-21/h5-7,10-13,20H,4,8-9,14-19H2,1-3H3,(H2,26,27,28).